The average molecular weight is 320 g/mol. The van der Waals surface area contributed by atoms with Gasteiger partial charge in [0, 0.05) is 7.05 Å². The van der Waals surface area contributed by atoms with Crippen molar-refractivity contribution in [3.05, 3.63) is 42.0 Å². The van der Waals surface area contributed by atoms with Crippen molar-refractivity contribution in [2.24, 2.45) is 0 Å². The van der Waals surface area contributed by atoms with E-state index in [1.54, 1.807) is 0 Å². The molecule has 0 atom stereocenters. The number of nitrogens with zero attached hydrogens (tertiary/aromatic N) is 3. The predicted octanol–water partition coefficient (Wildman–Crippen LogP) is 1.64. The van der Waals surface area contributed by atoms with Crippen molar-refractivity contribution in [2.75, 3.05) is 7.05 Å². The zero-order chi connectivity index (χ0) is 15.7. The fourth-order valence-corrected chi connectivity index (χ4v) is 2.79. The Labute approximate surface area is 118 Å². The average Bonchev–Trinajstić information content (AvgIpc) is 2.90. The van der Waals surface area contributed by atoms with Crippen LogP contribution in [0.5, 0.6) is 0 Å². The number of nitrogens with one attached hydrogen (secondary N) is 1. The molecule has 0 aliphatic rings. The number of alkyl halides is 3. The molecule has 0 saturated heterocycles. The zero-order valence-corrected chi connectivity index (χ0v) is 11.6. The van der Waals surface area contributed by atoms with Gasteiger partial charge >= 0.3 is 6.18 Å². The van der Waals surface area contributed by atoms with Gasteiger partial charge in [0.15, 0.2) is 0 Å². The van der Waals surface area contributed by atoms with E-state index in [-0.39, 0.29) is 12.4 Å². The Balaban J connectivity index is 2.31. The molecular formula is C11H11F3N4O2S. The van der Waals surface area contributed by atoms with Crippen LogP contribution in [0.2, 0.25) is 0 Å². The highest BCUT2D eigenvalue weighted by Crippen LogP contribution is 2.31. The molecule has 2 aromatic rings. The minimum atomic E-state index is -4.60. The molecule has 0 unspecified atom stereocenters. The first-order chi connectivity index (χ1) is 9.71. The highest BCUT2D eigenvalue weighted by atomic mass is 32.2. The lowest BCUT2D eigenvalue weighted by Gasteiger charge is -2.16. The monoisotopic (exact) mass is 320 g/mol. The van der Waals surface area contributed by atoms with Crippen LogP contribution < -0.4 is 0 Å². The Kier molecular flexibility index (Phi) is 4.01. The third kappa shape index (κ3) is 3.39. The van der Waals surface area contributed by atoms with Crippen molar-refractivity contribution >= 4 is 10.0 Å². The number of aromatic amines is 1. The molecule has 0 spiro atoms. The number of benzene rings is 1. The fourth-order valence-electron chi connectivity index (χ4n) is 1.62. The summed E-state index contributed by atoms with van der Waals surface area (Å²) < 4.78 is 63.3. The molecule has 6 nitrogen and oxygen atoms in total. The van der Waals surface area contributed by atoms with Gasteiger partial charge in [-0.2, -0.15) is 22.6 Å². The summed E-state index contributed by atoms with van der Waals surface area (Å²) in [6, 6.07) is 3.58. The van der Waals surface area contributed by atoms with Crippen LogP contribution in [-0.4, -0.2) is 35.0 Å². The van der Waals surface area contributed by atoms with Gasteiger partial charge < -0.3 is 0 Å². The molecule has 0 radical (unpaired) electrons. The van der Waals surface area contributed by atoms with Crippen LogP contribution in [0.1, 0.15) is 11.4 Å². The number of sulfonamides is 1. The summed E-state index contributed by atoms with van der Waals surface area (Å²) in [5, 5.41) is 6.05. The van der Waals surface area contributed by atoms with Crippen molar-refractivity contribution in [3.63, 3.8) is 0 Å². The van der Waals surface area contributed by atoms with Gasteiger partial charge in [-0.1, -0.05) is 6.07 Å². The van der Waals surface area contributed by atoms with E-state index in [2.05, 4.69) is 15.2 Å². The Morgan fingerprint density at radius 1 is 1.33 bits per heavy atom. The molecule has 0 aliphatic carbocycles. The molecule has 10 heteroatoms. The number of aromatic nitrogens is 3. The summed E-state index contributed by atoms with van der Waals surface area (Å²) in [5.74, 6) is 0.285. The minimum Gasteiger partial charge on any atom is -0.262 e. The smallest absolute Gasteiger partial charge is 0.262 e. The molecule has 1 N–H and O–H groups in total. The molecule has 1 aromatic carbocycles. The van der Waals surface area contributed by atoms with E-state index >= 15 is 0 Å². The van der Waals surface area contributed by atoms with Crippen LogP contribution in [0.15, 0.2) is 35.5 Å². The molecule has 0 bridgehead atoms. The first-order valence-corrected chi connectivity index (χ1v) is 7.13. The SMILES string of the molecule is CN(Cc1ncn[nH]1)S(=O)(=O)c1cccc(C(F)(F)F)c1. The minimum absolute atomic E-state index is 0.126. The van der Waals surface area contributed by atoms with Crippen molar-refractivity contribution < 1.29 is 21.6 Å². The first-order valence-electron chi connectivity index (χ1n) is 5.69. The van der Waals surface area contributed by atoms with Gasteiger partial charge in [-0.3, -0.25) is 5.10 Å². The Hall–Kier alpha value is -1.94. The predicted molar refractivity (Wildman–Crippen MR) is 66.5 cm³/mol. The van der Waals surface area contributed by atoms with Gasteiger partial charge in [0.2, 0.25) is 10.0 Å². The van der Waals surface area contributed by atoms with Crippen molar-refractivity contribution in [1.82, 2.24) is 19.5 Å². The van der Waals surface area contributed by atoms with Crippen LogP contribution in [0.25, 0.3) is 0 Å². The highest BCUT2D eigenvalue weighted by molar-refractivity contribution is 7.89. The molecule has 0 aliphatic heterocycles. The summed E-state index contributed by atoms with van der Waals surface area (Å²) in [5.41, 5.74) is -1.02. The Bertz CT molecular complexity index is 713. The second-order valence-corrected chi connectivity index (χ2v) is 6.26. The van der Waals surface area contributed by atoms with E-state index in [1.165, 1.54) is 13.4 Å². The highest BCUT2D eigenvalue weighted by Gasteiger charge is 2.32. The van der Waals surface area contributed by atoms with Gasteiger partial charge in [-0.05, 0) is 18.2 Å². The number of hydrogen-bond donors (Lipinski definition) is 1. The Morgan fingerprint density at radius 3 is 2.62 bits per heavy atom. The summed E-state index contributed by atoms with van der Waals surface area (Å²) >= 11 is 0. The lowest BCUT2D eigenvalue weighted by Crippen LogP contribution is -2.27. The van der Waals surface area contributed by atoms with E-state index in [9.17, 15) is 21.6 Å². The number of halogens is 3. The topological polar surface area (TPSA) is 79.0 Å². The maximum Gasteiger partial charge on any atom is 0.416 e. The van der Waals surface area contributed by atoms with E-state index < -0.39 is 26.7 Å². The number of rotatable bonds is 4. The standard InChI is InChI=1S/C11H11F3N4O2S/c1-18(6-10-15-7-16-17-10)21(19,20)9-4-2-3-8(5-9)11(12,13)14/h2-5,7H,6H2,1H3,(H,15,16,17). The van der Waals surface area contributed by atoms with Crippen molar-refractivity contribution in [1.29, 1.82) is 0 Å². The third-order valence-electron chi connectivity index (χ3n) is 2.71. The number of H-pyrrole nitrogens is 1. The van der Waals surface area contributed by atoms with Crippen LogP contribution in [-0.2, 0) is 22.7 Å². The molecule has 0 fully saturated rings. The van der Waals surface area contributed by atoms with E-state index in [4.69, 9.17) is 0 Å². The largest absolute Gasteiger partial charge is 0.416 e. The first kappa shape index (κ1) is 15.4. The Morgan fingerprint density at radius 2 is 2.05 bits per heavy atom. The molecular weight excluding hydrogens is 309 g/mol. The fraction of sp³-hybridized carbons (Fsp3) is 0.273. The lowest BCUT2D eigenvalue weighted by atomic mass is 10.2. The van der Waals surface area contributed by atoms with Crippen molar-refractivity contribution in [2.45, 2.75) is 17.6 Å². The second-order valence-electron chi connectivity index (χ2n) is 4.22. The summed E-state index contributed by atoms with van der Waals surface area (Å²) in [7, 11) is -2.80. The molecule has 0 amide bonds. The van der Waals surface area contributed by atoms with Gasteiger partial charge in [0.05, 0.1) is 17.0 Å². The van der Waals surface area contributed by atoms with Gasteiger partial charge in [0.1, 0.15) is 12.2 Å². The van der Waals surface area contributed by atoms with Crippen LogP contribution in [0.3, 0.4) is 0 Å². The quantitative estimate of drug-likeness (QED) is 0.929. The van der Waals surface area contributed by atoms with Gasteiger partial charge in [-0.15, -0.1) is 0 Å². The maximum atomic E-state index is 12.6. The molecule has 21 heavy (non-hydrogen) atoms. The molecule has 1 aromatic heterocycles. The van der Waals surface area contributed by atoms with Crippen LogP contribution >= 0.6 is 0 Å². The second kappa shape index (κ2) is 5.45. The third-order valence-corrected chi connectivity index (χ3v) is 4.51. The summed E-state index contributed by atoms with van der Waals surface area (Å²) in [6.07, 6.45) is -3.39. The van der Waals surface area contributed by atoms with Crippen LogP contribution in [0.4, 0.5) is 13.2 Å². The summed E-state index contributed by atoms with van der Waals surface area (Å²) in [4.78, 5) is 3.34. The lowest BCUT2D eigenvalue weighted by molar-refractivity contribution is -0.137. The normalized spacial score (nSPS) is 12.8. The van der Waals surface area contributed by atoms with E-state index in [0.29, 0.717) is 6.07 Å². The molecule has 114 valence electrons. The van der Waals surface area contributed by atoms with E-state index in [1.807, 2.05) is 0 Å². The molecule has 0 saturated carbocycles. The van der Waals surface area contributed by atoms with E-state index in [0.717, 1.165) is 22.5 Å². The van der Waals surface area contributed by atoms with Crippen molar-refractivity contribution in [3.8, 4) is 0 Å². The molecule has 2 rings (SSSR count). The van der Waals surface area contributed by atoms with Gasteiger partial charge in [0.25, 0.3) is 0 Å². The van der Waals surface area contributed by atoms with Crippen LogP contribution in [0, 0.1) is 0 Å². The zero-order valence-electron chi connectivity index (χ0n) is 10.8. The van der Waals surface area contributed by atoms with Gasteiger partial charge in [-0.25, -0.2) is 13.4 Å². The number of hydrogen-bond acceptors (Lipinski definition) is 4. The summed E-state index contributed by atoms with van der Waals surface area (Å²) in [6.45, 7) is -0.126. The maximum absolute atomic E-state index is 12.6. The molecule has 1 heterocycles.